The van der Waals surface area contributed by atoms with Gasteiger partial charge >= 0.3 is 0 Å². The molecular formula is C18H28N2O2. The second-order valence-electron chi connectivity index (χ2n) is 6.27. The Morgan fingerprint density at radius 2 is 1.95 bits per heavy atom. The third-order valence-corrected chi connectivity index (χ3v) is 4.72. The molecule has 1 heterocycles. The van der Waals surface area contributed by atoms with E-state index in [1.54, 1.807) is 0 Å². The first-order valence-corrected chi connectivity index (χ1v) is 8.21. The van der Waals surface area contributed by atoms with Gasteiger partial charge in [0.1, 0.15) is 6.10 Å². The lowest BCUT2D eigenvalue weighted by molar-refractivity contribution is -0.131. The molecule has 122 valence electrons. The number of hydrogen-bond donors (Lipinski definition) is 1. The molecule has 1 saturated heterocycles. The summed E-state index contributed by atoms with van der Waals surface area (Å²) in [5.41, 5.74) is 1.36. The van der Waals surface area contributed by atoms with E-state index in [0.29, 0.717) is 13.2 Å². The Bertz CT molecular complexity index is 467. The number of rotatable bonds is 6. The van der Waals surface area contributed by atoms with Crippen LogP contribution in [0, 0.1) is 0 Å². The first-order valence-electron chi connectivity index (χ1n) is 8.21. The molecule has 0 spiro atoms. The minimum absolute atomic E-state index is 0.0175. The Kier molecular flexibility index (Phi) is 5.98. The van der Waals surface area contributed by atoms with Crippen molar-refractivity contribution in [2.45, 2.75) is 38.2 Å². The van der Waals surface area contributed by atoms with Crippen molar-refractivity contribution in [2.24, 2.45) is 0 Å². The summed E-state index contributed by atoms with van der Waals surface area (Å²) in [6, 6.07) is 10.6. The van der Waals surface area contributed by atoms with Crippen molar-refractivity contribution in [3.05, 3.63) is 35.9 Å². The van der Waals surface area contributed by atoms with Gasteiger partial charge in [0.2, 0.25) is 5.91 Å². The van der Waals surface area contributed by atoms with Crippen LogP contribution in [0.5, 0.6) is 0 Å². The number of hydrogen-bond acceptors (Lipinski definition) is 3. The molecule has 1 N–H and O–H groups in total. The highest BCUT2D eigenvalue weighted by atomic mass is 16.5. The quantitative estimate of drug-likeness (QED) is 0.876. The lowest BCUT2D eigenvalue weighted by Gasteiger charge is -2.41. The van der Waals surface area contributed by atoms with E-state index < -0.39 is 0 Å². The predicted molar refractivity (Wildman–Crippen MR) is 88.9 cm³/mol. The monoisotopic (exact) mass is 304 g/mol. The Labute approximate surface area is 133 Å². The van der Waals surface area contributed by atoms with E-state index in [4.69, 9.17) is 4.74 Å². The number of likely N-dealkylation sites (tertiary alicyclic amines) is 1. The minimum atomic E-state index is -0.385. The lowest BCUT2D eigenvalue weighted by Crippen LogP contribution is -2.49. The van der Waals surface area contributed by atoms with Crippen molar-refractivity contribution < 1.29 is 9.53 Å². The number of nitrogens with zero attached hydrogens (tertiary/aromatic N) is 1. The van der Waals surface area contributed by atoms with Gasteiger partial charge in [-0.2, -0.15) is 0 Å². The SMILES string of the molecule is CCO[C@@H](C)C(=O)NCC1(c2ccccc2)CCN(C)CC1. The molecule has 0 aromatic heterocycles. The fraction of sp³-hybridized carbons (Fsp3) is 0.611. The van der Waals surface area contributed by atoms with Gasteiger partial charge in [-0.3, -0.25) is 4.79 Å². The van der Waals surface area contributed by atoms with E-state index in [2.05, 4.69) is 41.5 Å². The molecule has 4 nitrogen and oxygen atoms in total. The smallest absolute Gasteiger partial charge is 0.248 e. The number of piperidine rings is 1. The van der Waals surface area contributed by atoms with Crippen molar-refractivity contribution in [1.82, 2.24) is 10.2 Å². The zero-order valence-electron chi connectivity index (χ0n) is 14.0. The van der Waals surface area contributed by atoms with E-state index in [1.807, 2.05) is 19.9 Å². The summed E-state index contributed by atoms with van der Waals surface area (Å²) >= 11 is 0. The van der Waals surface area contributed by atoms with Crippen molar-refractivity contribution in [2.75, 3.05) is 33.3 Å². The first kappa shape index (κ1) is 17.0. The maximum Gasteiger partial charge on any atom is 0.248 e. The second-order valence-corrected chi connectivity index (χ2v) is 6.27. The third kappa shape index (κ3) is 4.08. The van der Waals surface area contributed by atoms with Crippen molar-refractivity contribution in [3.8, 4) is 0 Å². The largest absolute Gasteiger partial charge is 0.369 e. The fourth-order valence-electron chi connectivity index (χ4n) is 3.13. The van der Waals surface area contributed by atoms with Gasteiger partial charge in [0.25, 0.3) is 0 Å². The Hall–Kier alpha value is -1.39. The molecule has 0 aliphatic carbocycles. The number of carbonyl (C=O) groups excluding carboxylic acids is 1. The molecular weight excluding hydrogens is 276 g/mol. The summed E-state index contributed by atoms with van der Waals surface area (Å²) in [5, 5.41) is 3.11. The Balaban J connectivity index is 2.08. The average Bonchev–Trinajstić information content (AvgIpc) is 2.55. The first-order chi connectivity index (χ1) is 10.6. The molecule has 2 rings (SSSR count). The molecule has 0 radical (unpaired) electrons. The highest BCUT2D eigenvalue weighted by Gasteiger charge is 2.35. The zero-order chi connectivity index (χ0) is 16.0. The van der Waals surface area contributed by atoms with E-state index in [1.165, 1.54) is 5.56 Å². The van der Waals surface area contributed by atoms with E-state index in [-0.39, 0.29) is 17.4 Å². The molecule has 1 fully saturated rings. The number of carbonyl (C=O) groups is 1. The molecule has 0 bridgehead atoms. The topological polar surface area (TPSA) is 41.6 Å². The second kappa shape index (κ2) is 7.75. The van der Waals surface area contributed by atoms with Crippen LogP contribution < -0.4 is 5.32 Å². The summed E-state index contributed by atoms with van der Waals surface area (Å²) < 4.78 is 5.38. The zero-order valence-corrected chi connectivity index (χ0v) is 14.0. The van der Waals surface area contributed by atoms with E-state index >= 15 is 0 Å². The summed E-state index contributed by atoms with van der Waals surface area (Å²) in [7, 11) is 2.16. The van der Waals surface area contributed by atoms with Crippen molar-refractivity contribution in [3.63, 3.8) is 0 Å². The molecule has 1 atom stereocenters. The number of benzene rings is 1. The lowest BCUT2D eigenvalue weighted by atomic mass is 9.72. The van der Waals surface area contributed by atoms with Crippen molar-refractivity contribution >= 4 is 5.91 Å². The highest BCUT2D eigenvalue weighted by Crippen LogP contribution is 2.34. The van der Waals surface area contributed by atoms with Gasteiger partial charge in [0, 0.05) is 18.6 Å². The molecule has 0 saturated carbocycles. The maximum atomic E-state index is 12.2. The van der Waals surface area contributed by atoms with Crippen LogP contribution in [0.2, 0.25) is 0 Å². The van der Waals surface area contributed by atoms with E-state index in [9.17, 15) is 4.79 Å². The molecule has 1 aliphatic rings. The van der Waals surface area contributed by atoms with Crippen LogP contribution in [0.4, 0.5) is 0 Å². The van der Waals surface area contributed by atoms with Crippen LogP contribution in [-0.4, -0.2) is 50.2 Å². The predicted octanol–water partition coefficient (Wildman–Crippen LogP) is 2.19. The normalized spacial score (nSPS) is 19.6. The number of ether oxygens (including phenoxy) is 1. The summed E-state index contributed by atoms with van der Waals surface area (Å²) in [4.78, 5) is 14.5. The van der Waals surface area contributed by atoms with Gasteiger partial charge in [-0.1, -0.05) is 30.3 Å². The minimum Gasteiger partial charge on any atom is -0.369 e. The summed E-state index contributed by atoms with van der Waals surface area (Å²) in [6.45, 7) is 7.08. The van der Waals surface area contributed by atoms with Gasteiger partial charge in [0.05, 0.1) is 0 Å². The molecule has 22 heavy (non-hydrogen) atoms. The molecule has 0 unspecified atom stereocenters. The maximum absolute atomic E-state index is 12.2. The molecule has 1 aromatic rings. The average molecular weight is 304 g/mol. The van der Waals surface area contributed by atoms with E-state index in [0.717, 1.165) is 25.9 Å². The van der Waals surface area contributed by atoms with Crippen LogP contribution in [-0.2, 0) is 14.9 Å². The molecule has 4 heteroatoms. The number of nitrogens with one attached hydrogen (secondary N) is 1. The van der Waals surface area contributed by atoms with Crippen LogP contribution >= 0.6 is 0 Å². The Morgan fingerprint density at radius 3 is 2.55 bits per heavy atom. The standard InChI is InChI=1S/C18H28N2O2/c1-4-22-15(2)17(21)19-14-18(10-12-20(3)13-11-18)16-8-6-5-7-9-16/h5-9,15H,4,10-14H2,1-3H3,(H,19,21)/t15-/m0/s1. The Morgan fingerprint density at radius 1 is 1.32 bits per heavy atom. The summed E-state index contributed by atoms with van der Waals surface area (Å²) in [6.07, 6.45) is 1.75. The van der Waals surface area contributed by atoms with Crippen LogP contribution in [0.15, 0.2) is 30.3 Å². The van der Waals surface area contributed by atoms with Gasteiger partial charge in [-0.15, -0.1) is 0 Å². The van der Waals surface area contributed by atoms with Gasteiger partial charge in [0.15, 0.2) is 0 Å². The third-order valence-electron chi connectivity index (χ3n) is 4.72. The number of amides is 1. The summed E-state index contributed by atoms with van der Waals surface area (Å²) in [5.74, 6) is -0.0175. The van der Waals surface area contributed by atoms with Crippen LogP contribution in [0.25, 0.3) is 0 Å². The van der Waals surface area contributed by atoms with Crippen molar-refractivity contribution in [1.29, 1.82) is 0 Å². The molecule has 1 aromatic carbocycles. The van der Waals surface area contributed by atoms with Crippen LogP contribution in [0.1, 0.15) is 32.3 Å². The van der Waals surface area contributed by atoms with Crippen LogP contribution in [0.3, 0.4) is 0 Å². The molecule has 1 aliphatic heterocycles. The van der Waals surface area contributed by atoms with Gasteiger partial charge in [-0.05, 0) is 52.4 Å². The fourth-order valence-corrected chi connectivity index (χ4v) is 3.13. The van der Waals surface area contributed by atoms with Gasteiger partial charge in [-0.25, -0.2) is 0 Å². The molecule has 1 amide bonds. The van der Waals surface area contributed by atoms with Gasteiger partial charge < -0.3 is 15.0 Å². The highest BCUT2D eigenvalue weighted by molar-refractivity contribution is 5.80.